The first kappa shape index (κ1) is 14.1. The van der Waals surface area contributed by atoms with Gasteiger partial charge in [0, 0.05) is 5.56 Å². The average Bonchev–Trinajstić information content (AvgIpc) is 2.95. The monoisotopic (exact) mass is 302 g/mol. The number of nitrogens with zero attached hydrogens (tertiary/aromatic N) is 3. The Hall–Kier alpha value is -2.83. The molecule has 0 aliphatic heterocycles. The first-order chi connectivity index (χ1) is 10.6. The topological polar surface area (TPSA) is 59.8 Å². The third kappa shape index (κ3) is 2.41. The molecule has 0 bridgehead atoms. The van der Waals surface area contributed by atoms with Crippen molar-refractivity contribution in [3.63, 3.8) is 0 Å². The molecule has 0 unspecified atom stereocenters. The molecule has 1 heterocycles. The number of hydrogen-bond donors (Lipinski definition) is 1. The predicted octanol–water partition coefficient (Wildman–Crippen LogP) is 2.78. The fourth-order valence-electron chi connectivity index (χ4n) is 2.13. The van der Waals surface area contributed by atoms with Gasteiger partial charge in [0.15, 0.2) is 0 Å². The standard InChI is InChI=1S/C15H12F2N4O/c1-9-6-7-11(16)10(14(9)17)8-18-15(22)21-13-5-3-2-4-12(13)19-20-21/h2-7H,8H2,1H3,(H,18,22). The Morgan fingerprint density at radius 3 is 2.82 bits per heavy atom. The smallest absolute Gasteiger partial charge is 0.332 e. The lowest BCUT2D eigenvalue weighted by molar-refractivity contribution is 0.239. The normalized spacial score (nSPS) is 10.9. The number of halogens is 2. The van der Waals surface area contributed by atoms with E-state index in [-0.39, 0.29) is 12.1 Å². The third-order valence-electron chi connectivity index (χ3n) is 3.34. The highest BCUT2D eigenvalue weighted by Crippen LogP contribution is 2.16. The molecule has 0 saturated heterocycles. The quantitative estimate of drug-likeness (QED) is 0.792. The summed E-state index contributed by atoms with van der Waals surface area (Å²) in [4.78, 5) is 12.1. The number of rotatable bonds is 2. The van der Waals surface area contributed by atoms with E-state index < -0.39 is 17.7 Å². The van der Waals surface area contributed by atoms with E-state index in [0.29, 0.717) is 16.6 Å². The second-order valence-corrected chi connectivity index (χ2v) is 4.81. The van der Waals surface area contributed by atoms with Gasteiger partial charge in [0.2, 0.25) is 0 Å². The second-order valence-electron chi connectivity index (χ2n) is 4.81. The molecule has 3 rings (SSSR count). The molecule has 0 atom stereocenters. The summed E-state index contributed by atoms with van der Waals surface area (Å²) in [6.45, 7) is 1.26. The minimum absolute atomic E-state index is 0.183. The summed E-state index contributed by atoms with van der Waals surface area (Å²) in [5.41, 5.74) is 1.21. The van der Waals surface area contributed by atoms with Crippen molar-refractivity contribution < 1.29 is 13.6 Å². The summed E-state index contributed by atoms with van der Waals surface area (Å²) in [6, 6.07) is 8.83. The van der Waals surface area contributed by atoms with E-state index in [0.717, 1.165) is 4.68 Å². The van der Waals surface area contributed by atoms with Gasteiger partial charge in [-0.1, -0.05) is 23.4 Å². The fourth-order valence-corrected chi connectivity index (χ4v) is 2.13. The van der Waals surface area contributed by atoms with Crippen molar-refractivity contribution in [2.75, 3.05) is 0 Å². The van der Waals surface area contributed by atoms with Crippen LogP contribution in [-0.2, 0) is 6.54 Å². The maximum atomic E-state index is 13.9. The van der Waals surface area contributed by atoms with Gasteiger partial charge in [-0.15, -0.1) is 5.10 Å². The Bertz CT molecular complexity index is 860. The molecular weight excluding hydrogens is 290 g/mol. The number of nitrogens with one attached hydrogen (secondary N) is 1. The van der Waals surface area contributed by atoms with Crippen LogP contribution in [-0.4, -0.2) is 21.0 Å². The molecule has 0 aliphatic rings. The molecule has 22 heavy (non-hydrogen) atoms. The lowest BCUT2D eigenvalue weighted by Crippen LogP contribution is -2.29. The van der Waals surface area contributed by atoms with Crippen LogP contribution in [0.2, 0.25) is 0 Å². The van der Waals surface area contributed by atoms with Crippen LogP contribution >= 0.6 is 0 Å². The molecule has 2 aromatic carbocycles. The summed E-state index contributed by atoms with van der Waals surface area (Å²) in [7, 11) is 0. The molecule has 1 aromatic heterocycles. The Morgan fingerprint density at radius 2 is 2.00 bits per heavy atom. The van der Waals surface area contributed by atoms with E-state index in [1.165, 1.54) is 19.1 Å². The fraction of sp³-hybridized carbons (Fsp3) is 0.133. The third-order valence-corrected chi connectivity index (χ3v) is 3.34. The SMILES string of the molecule is Cc1ccc(F)c(CNC(=O)n2nnc3ccccc32)c1F. The molecule has 0 saturated carbocycles. The Labute approximate surface area is 124 Å². The minimum atomic E-state index is -0.702. The van der Waals surface area contributed by atoms with Gasteiger partial charge in [0.25, 0.3) is 0 Å². The zero-order chi connectivity index (χ0) is 15.7. The van der Waals surface area contributed by atoms with Gasteiger partial charge in [-0.3, -0.25) is 0 Å². The molecule has 0 radical (unpaired) electrons. The van der Waals surface area contributed by atoms with Crippen molar-refractivity contribution in [3.05, 3.63) is 59.2 Å². The van der Waals surface area contributed by atoms with E-state index in [9.17, 15) is 13.6 Å². The zero-order valence-corrected chi connectivity index (χ0v) is 11.7. The maximum absolute atomic E-state index is 13.9. The number of aromatic nitrogens is 3. The molecule has 1 N–H and O–H groups in total. The van der Waals surface area contributed by atoms with Gasteiger partial charge in [0.05, 0.1) is 12.1 Å². The highest BCUT2D eigenvalue weighted by Gasteiger charge is 2.15. The van der Waals surface area contributed by atoms with E-state index in [1.54, 1.807) is 24.3 Å². The van der Waals surface area contributed by atoms with Gasteiger partial charge in [-0.2, -0.15) is 4.68 Å². The maximum Gasteiger partial charge on any atom is 0.344 e. The number of hydrogen-bond acceptors (Lipinski definition) is 3. The van der Waals surface area contributed by atoms with Crippen LogP contribution in [0.15, 0.2) is 36.4 Å². The number of carbonyl (C=O) groups is 1. The van der Waals surface area contributed by atoms with Crippen LogP contribution in [0.3, 0.4) is 0 Å². The van der Waals surface area contributed by atoms with Gasteiger partial charge < -0.3 is 5.32 Å². The summed E-state index contributed by atoms with van der Waals surface area (Å²) >= 11 is 0. The van der Waals surface area contributed by atoms with Crippen molar-refractivity contribution in [3.8, 4) is 0 Å². The number of amides is 1. The van der Waals surface area contributed by atoms with Gasteiger partial charge in [-0.05, 0) is 30.7 Å². The zero-order valence-electron chi connectivity index (χ0n) is 11.7. The summed E-state index contributed by atoms with van der Waals surface area (Å²) in [6.07, 6.45) is 0. The Morgan fingerprint density at radius 1 is 1.23 bits per heavy atom. The molecule has 1 amide bonds. The minimum Gasteiger partial charge on any atom is -0.332 e. The molecule has 3 aromatic rings. The number of para-hydroxylation sites is 1. The summed E-state index contributed by atoms with van der Waals surface area (Å²) in [5, 5.41) is 10.0. The molecule has 0 fully saturated rings. The van der Waals surface area contributed by atoms with Crippen LogP contribution in [0.4, 0.5) is 13.6 Å². The molecule has 0 aliphatic carbocycles. The van der Waals surface area contributed by atoms with E-state index in [2.05, 4.69) is 15.6 Å². The summed E-state index contributed by atoms with van der Waals surface area (Å²) < 4.78 is 28.6. The number of aryl methyl sites for hydroxylation is 1. The molecular formula is C15H12F2N4O. The number of benzene rings is 2. The van der Waals surface area contributed by atoms with E-state index >= 15 is 0 Å². The van der Waals surface area contributed by atoms with Crippen LogP contribution in [0.1, 0.15) is 11.1 Å². The molecule has 0 spiro atoms. The van der Waals surface area contributed by atoms with Crippen LogP contribution in [0.25, 0.3) is 11.0 Å². The van der Waals surface area contributed by atoms with Crippen molar-refractivity contribution in [1.82, 2.24) is 20.3 Å². The first-order valence-electron chi connectivity index (χ1n) is 6.60. The highest BCUT2D eigenvalue weighted by molar-refractivity contribution is 5.87. The predicted molar refractivity (Wildman–Crippen MR) is 76.3 cm³/mol. The highest BCUT2D eigenvalue weighted by atomic mass is 19.1. The average molecular weight is 302 g/mol. The van der Waals surface area contributed by atoms with E-state index in [4.69, 9.17) is 0 Å². The first-order valence-corrected chi connectivity index (χ1v) is 6.60. The Kier molecular flexibility index (Phi) is 3.54. The van der Waals surface area contributed by atoms with E-state index in [1.807, 2.05) is 0 Å². The van der Waals surface area contributed by atoms with Gasteiger partial charge >= 0.3 is 6.03 Å². The van der Waals surface area contributed by atoms with Crippen molar-refractivity contribution in [2.45, 2.75) is 13.5 Å². The van der Waals surface area contributed by atoms with Crippen molar-refractivity contribution in [1.29, 1.82) is 0 Å². The molecule has 7 heteroatoms. The second kappa shape index (κ2) is 5.51. The van der Waals surface area contributed by atoms with Crippen LogP contribution < -0.4 is 5.32 Å². The van der Waals surface area contributed by atoms with Crippen LogP contribution in [0, 0.1) is 18.6 Å². The number of carbonyl (C=O) groups excluding carboxylic acids is 1. The van der Waals surface area contributed by atoms with Gasteiger partial charge in [-0.25, -0.2) is 13.6 Å². The lowest BCUT2D eigenvalue weighted by atomic mass is 10.1. The van der Waals surface area contributed by atoms with Crippen LogP contribution in [0.5, 0.6) is 0 Å². The lowest BCUT2D eigenvalue weighted by Gasteiger charge is -2.09. The Balaban J connectivity index is 1.83. The molecule has 5 nitrogen and oxygen atoms in total. The van der Waals surface area contributed by atoms with Gasteiger partial charge in [0.1, 0.15) is 17.2 Å². The van der Waals surface area contributed by atoms with Crippen molar-refractivity contribution >= 4 is 17.1 Å². The largest absolute Gasteiger partial charge is 0.344 e. The number of fused-ring (bicyclic) bond motifs is 1. The van der Waals surface area contributed by atoms with Crippen molar-refractivity contribution in [2.24, 2.45) is 0 Å². The molecule has 112 valence electrons. The summed E-state index contributed by atoms with van der Waals surface area (Å²) in [5.74, 6) is -1.37.